The first kappa shape index (κ1) is 19.1. The summed E-state index contributed by atoms with van der Waals surface area (Å²) in [7, 11) is 0. The van der Waals surface area contributed by atoms with E-state index in [4.69, 9.17) is 4.74 Å². The number of hydrogen-bond acceptors (Lipinski definition) is 5. The summed E-state index contributed by atoms with van der Waals surface area (Å²) in [4.78, 5) is 30.5. The van der Waals surface area contributed by atoms with Crippen molar-refractivity contribution in [1.29, 1.82) is 0 Å². The van der Waals surface area contributed by atoms with E-state index >= 15 is 0 Å². The molecule has 0 aliphatic carbocycles. The Morgan fingerprint density at radius 2 is 1.77 bits per heavy atom. The van der Waals surface area contributed by atoms with Crippen molar-refractivity contribution in [2.75, 3.05) is 32.8 Å². The van der Waals surface area contributed by atoms with Gasteiger partial charge in [0, 0.05) is 24.5 Å². The van der Waals surface area contributed by atoms with Gasteiger partial charge < -0.3 is 9.64 Å². The Bertz CT molecular complexity index is 648. The third-order valence-electron chi connectivity index (χ3n) is 4.97. The first-order chi connectivity index (χ1) is 12.7. The summed E-state index contributed by atoms with van der Waals surface area (Å²) in [5.41, 5.74) is 1.16. The zero-order valence-electron chi connectivity index (χ0n) is 15.5. The van der Waals surface area contributed by atoms with Crippen LogP contribution in [0.2, 0.25) is 0 Å². The van der Waals surface area contributed by atoms with Crippen molar-refractivity contribution in [2.45, 2.75) is 45.4 Å². The molecule has 0 unspecified atom stereocenters. The lowest BCUT2D eigenvalue weighted by atomic mass is 10.1. The minimum absolute atomic E-state index is 0.131. The van der Waals surface area contributed by atoms with Gasteiger partial charge in [0.1, 0.15) is 5.70 Å². The van der Waals surface area contributed by atoms with Crippen molar-refractivity contribution in [1.82, 2.24) is 9.80 Å². The van der Waals surface area contributed by atoms with Crippen LogP contribution in [0.25, 0.3) is 5.57 Å². The predicted molar refractivity (Wildman–Crippen MR) is 104 cm³/mol. The third kappa shape index (κ3) is 4.18. The fraction of sp³-hybridized carbons (Fsp3) is 0.600. The standard InChI is InChI=1S/C20H28N2O3S/c1-2-3-4-5-6-7-10-22-19(23)17(16-9-8-15-26-16)18(20(22)24)21-11-13-25-14-12-21/h8-9,15H,2-7,10-14H2,1H3. The molecule has 2 aliphatic rings. The number of morpholine rings is 1. The molecule has 1 aromatic heterocycles. The lowest BCUT2D eigenvalue weighted by Gasteiger charge is -2.29. The van der Waals surface area contributed by atoms with Crippen LogP contribution in [0.4, 0.5) is 0 Å². The summed E-state index contributed by atoms with van der Waals surface area (Å²) in [6.07, 6.45) is 6.84. The van der Waals surface area contributed by atoms with Crippen molar-refractivity contribution in [3.05, 3.63) is 28.1 Å². The maximum Gasteiger partial charge on any atom is 0.277 e. The van der Waals surface area contributed by atoms with Crippen molar-refractivity contribution in [3.63, 3.8) is 0 Å². The molecule has 0 saturated carbocycles. The molecule has 0 radical (unpaired) electrons. The van der Waals surface area contributed by atoms with Crippen LogP contribution in [-0.4, -0.2) is 54.5 Å². The Hall–Kier alpha value is -1.66. The van der Waals surface area contributed by atoms with Crippen LogP contribution >= 0.6 is 11.3 Å². The van der Waals surface area contributed by atoms with E-state index in [0.29, 0.717) is 44.1 Å². The number of unbranched alkanes of at least 4 members (excludes halogenated alkanes) is 5. The first-order valence-electron chi connectivity index (χ1n) is 9.71. The van der Waals surface area contributed by atoms with E-state index in [1.165, 1.54) is 41.9 Å². The van der Waals surface area contributed by atoms with Gasteiger partial charge in [-0.05, 0) is 17.9 Å². The quantitative estimate of drug-likeness (QED) is 0.489. The smallest absolute Gasteiger partial charge is 0.277 e. The summed E-state index contributed by atoms with van der Waals surface area (Å²) < 4.78 is 5.41. The van der Waals surface area contributed by atoms with Crippen molar-refractivity contribution in [2.24, 2.45) is 0 Å². The molecule has 3 rings (SSSR count). The highest BCUT2D eigenvalue weighted by molar-refractivity contribution is 7.11. The van der Waals surface area contributed by atoms with E-state index in [9.17, 15) is 9.59 Å². The minimum atomic E-state index is -0.132. The van der Waals surface area contributed by atoms with Gasteiger partial charge >= 0.3 is 0 Å². The average molecular weight is 377 g/mol. The van der Waals surface area contributed by atoms with Crippen molar-refractivity contribution in [3.8, 4) is 0 Å². The van der Waals surface area contributed by atoms with Crippen LogP contribution < -0.4 is 0 Å². The van der Waals surface area contributed by atoms with Crippen LogP contribution in [0.15, 0.2) is 23.2 Å². The molecule has 5 nitrogen and oxygen atoms in total. The summed E-state index contributed by atoms with van der Waals surface area (Å²) >= 11 is 1.52. The van der Waals surface area contributed by atoms with Crippen LogP contribution in [0.3, 0.4) is 0 Å². The Labute approximate surface area is 159 Å². The Morgan fingerprint density at radius 1 is 1.04 bits per heavy atom. The van der Waals surface area contributed by atoms with E-state index < -0.39 is 0 Å². The van der Waals surface area contributed by atoms with Gasteiger partial charge in [-0.2, -0.15) is 0 Å². The van der Waals surface area contributed by atoms with E-state index in [0.717, 1.165) is 17.7 Å². The summed E-state index contributed by atoms with van der Waals surface area (Å²) in [5, 5.41) is 1.95. The van der Waals surface area contributed by atoms with Crippen LogP contribution in [0, 0.1) is 0 Å². The van der Waals surface area contributed by atoms with E-state index in [1.807, 2.05) is 22.4 Å². The number of ether oxygens (including phenoxy) is 1. The first-order valence-corrected chi connectivity index (χ1v) is 10.6. The molecule has 1 aromatic rings. The fourth-order valence-electron chi connectivity index (χ4n) is 3.54. The number of hydrogen-bond donors (Lipinski definition) is 0. The third-order valence-corrected chi connectivity index (χ3v) is 5.86. The largest absolute Gasteiger partial charge is 0.378 e. The van der Waals surface area contributed by atoms with Gasteiger partial charge in [-0.3, -0.25) is 14.5 Å². The second kappa shape index (κ2) is 9.33. The van der Waals surface area contributed by atoms with Crippen molar-refractivity contribution >= 4 is 28.7 Å². The molecule has 0 bridgehead atoms. The SMILES string of the molecule is CCCCCCCCN1C(=O)C(c2cccs2)=C(N2CCOCC2)C1=O. The molecule has 0 N–H and O–H groups in total. The zero-order valence-corrected chi connectivity index (χ0v) is 16.4. The topological polar surface area (TPSA) is 49.9 Å². The van der Waals surface area contributed by atoms with Crippen LogP contribution in [0.5, 0.6) is 0 Å². The number of amides is 2. The Kier molecular flexibility index (Phi) is 6.86. The number of thiophene rings is 1. The summed E-state index contributed by atoms with van der Waals surface area (Å²) in [6, 6.07) is 3.86. The molecule has 0 aromatic carbocycles. The maximum absolute atomic E-state index is 13.1. The highest BCUT2D eigenvalue weighted by Gasteiger charge is 2.41. The zero-order chi connectivity index (χ0) is 18.4. The monoisotopic (exact) mass is 376 g/mol. The normalized spacial score (nSPS) is 18.3. The molecule has 3 heterocycles. The van der Waals surface area contributed by atoms with Crippen molar-refractivity contribution < 1.29 is 14.3 Å². The van der Waals surface area contributed by atoms with Gasteiger partial charge in [-0.15, -0.1) is 11.3 Å². The van der Waals surface area contributed by atoms with Crippen LogP contribution in [0.1, 0.15) is 50.3 Å². The van der Waals surface area contributed by atoms with Gasteiger partial charge in [-0.25, -0.2) is 0 Å². The number of imide groups is 1. The molecule has 2 amide bonds. The molecular formula is C20H28N2O3S. The molecule has 1 saturated heterocycles. The molecule has 2 aliphatic heterocycles. The molecule has 26 heavy (non-hydrogen) atoms. The van der Waals surface area contributed by atoms with Gasteiger partial charge in [0.05, 0.1) is 18.8 Å². The van der Waals surface area contributed by atoms with Gasteiger partial charge in [0.2, 0.25) is 0 Å². The number of rotatable bonds is 9. The predicted octanol–water partition coefficient (Wildman–Crippen LogP) is 3.52. The van der Waals surface area contributed by atoms with E-state index in [1.54, 1.807) is 0 Å². The highest BCUT2D eigenvalue weighted by Crippen LogP contribution is 2.34. The Balaban J connectivity index is 1.71. The summed E-state index contributed by atoms with van der Waals surface area (Å²) in [6.45, 7) is 5.24. The highest BCUT2D eigenvalue weighted by atomic mass is 32.1. The van der Waals surface area contributed by atoms with Gasteiger partial charge in [-0.1, -0.05) is 45.1 Å². The number of carbonyl (C=O) groups is 2. The Morgan fingerprint density at radius 3 is 2.46 bits per heavy atom. The number of carbonyl (C=O) groups excluding carboxylic acids is 2. The molecule has 1 fully saturated rings. The fourth-order valence-corrected chi connectivity index (χ4v) is 4.30. The van der Waals surface area contributed by atoms with E-state index in [-0.39, 0.29) is 11.8 Å². The second-order valence-corrected chi connectivity index (χ2v) is 7.78. The lowest BCUT2D eigenvalue weighted by Crippen LogP contribution is -2.40. The molecule has 0 spiro atoms. The molecule has 6 heteroatoms. The van der Waals surface area contributed by atoms with Gasteiger partial charge in [0.15, 0.2) is 0 Å². The minimum Gasteiger partial charge on any atom is -0.378 e. The van der Waals surface area contributed by atoms with Gasteiger partial charge in [0.25, 0.3) is 11.8 Å². The summed E-state index contributed by atoms with van der Waals surface area (Å²) in [5.74, 6) is -0.263. The van der Waals surface area contributed by atoms with Crippen LogP contribution in [-0.2, 0) is 14.3 Å². The maximum atomic E-state index is 13.1. The lowest BCUT2D eigenvalue weighted by molar-refractivity contribution is -0.137. The molecular weight excluding hydrogens is 348 g/mol. The second-order valence-electron chi connectivity index (χ2n) is 6.83. The number of nitrogens with zero attached hydrogens (tertiary/aromatic N) is 2. The molecule has 0 atom stereocenters. The van der Waals surface area contributed by atoms with E-state index in [2.05, 4.69) is 6.92 Å². The average Bonchev–Trinajstić information content (AvgIpc) is 3.26. The molecule has 142 valence electrons.